The summed E-state index contributed by atoms with van der Waals surface area (Å²) in [5.41, 5.74) is 0.216. The Balaban J connectivity index is 2.66. The van der Waals surface area contributed by atoms with Gasteiger partial charge < -0.3 is 5.11 Å². The summed E-state index contributed by atoms with van der Waals surface area (Å²) in [6, 6.07) is 10.6. The number of hydrogen-bond acceptors (Lipinski definition) is 3. The Morgan fingerprint density at radius 1 is 1.00 bits per heavy atom. The molecule has 92 valence electrons. The molecular weight excluding hydrogens is 230 g/mol. The predicted octanol–water partition coefficient (Wildman–Crippen LogP) is 2.44. The van der Waals surface area contributed by atoms with Crippen LogP contribution in [0.5, 0.6) is 5.75 Å². The van der Waals surface area contributed by atoms with E-state index in [9.17, 15) is 14.7 Å². The number of fused-ring (bicyclic) bond motifs is 1. The smallest absolute Gasteiger partial charge is 0.230 e. The van der Waals surface area contributed by atoms with Gasteiger partial charge in [0.2, 0.25) is 11.8 Å². The molecule has 2 amide bonds. The van der Waals surface area contributed by atoms with Crippen LogP contribution in [0.4, 0.5) is 5.69 Å². The minimum absolute atomic E-state index is 0.0842. The lowest BCUT2D eigenvalue weighted by Crippen LogP contribution is -2.33. The second kappa shape index (κ2) is 4.49. The molecule has 0 atom stereocenters. The van der Waals surface area contributed by atoms with Gasteiger partial charge in [0.05, 0.1) is 5.69 Å². The number of benzene rings is 2. The van der Waals surface area contributed by atoms with Crippen molar-refractivity contribution in [2.45, 2.75) is 13.8 Å². The molecule has 4 heteroatoms. The average Bonchev–Trinajstić information content (AvgIpc) is 2.29. The van der Waals surface area contributed by atoms with Gasteiger partial charge in [-0.05, 0) is 22.9 Å². The molecule has 2 aromatic rings. The van der Waals surface area contributed by atoms with Crippen molar-refractivity contribution in [1.29, 1.82) is 0 Å². The van der Waals surface area contributed by atoms with Crippen LogP contribution in [0.25, 0.3) is 10.8 Å². The molecule has 0 heterocycles. The van der Waals surface area contributed by atoms with Gasteiger partial charge in [-0.1, -0.05) is 24.3 Å². The quantitative estimate of drug-likeness (QED) is 0.836. The van der Waals surface area contributed by atoms with Crippen LogP contribution in [-0.2, 0) is 9.59 Å². The first-order chi connectivity index (χ1) is 8.50. The third-order valence-electron chi connectivity index (χ3n) is 2.71. The molecule has 0 radical (unpaired) electrons. The maximum absolute atomic E-state index is 11.5. The van der Waals surface area contributed by atoms with Crippen LogP contribution in [0.1, 0.15) is 13.8 Å². The molecule has 0 aliphatic heterocycles. The summed E-state index contributed by atoms with van der Waals surface area (Å²) in [6.07, 6.45) is 0. The van der Waals surface area contributed by atoms with Gasteiger partial charge in [0.1, 0.15) is 5.75 Å². The van der Waals surface area contributed by atoms with E-state index in [1.165, 1.54) is 13.8 Å². The molecule has 0 saturated carbocycles. The second-order valence-corrected chi connectivity index (χ2v) is 4.06. The van der Waals surface area contributed by atoms with E-state index >= 15 is 0 Å². The lowest BCUT2D eigenvalue weighted by atomic mass is 10.1. The van der Waals surface area contributed by atoms with Gasteiger partial charge in [0.25, 0.3) is 0 Å². The number of anilines is 1. The number of carbonyl (C=O) groups is 2. The van der Waals surface area contributed by atoms with Gasteiger partial charge in [0, 0.05) is 13.8 Å². The number of nitrogens with zero attached hydrogens (tertiary/aromatic N) is 1. The lowest BCUT2D eigenvalue weighted by molar-refractivity contribution is -0.124. The molecule has 18 heavy (non-hydrogen) atoms. The fourth-order valence-electron chi connectivity index (χ4n) is 1.96. The predicted molar refractivity (Wildman–Crippen MR) is 69.5 cm³/mol. The summed E-state index contributed by atoms with van der Waals surface area (Å²) in [5.74, 6) is -0.930. The van der Waals surface area contributed by atoms with Crippen LogP contribution < -0.4 is 4.90 Å². The first-order valence-corrected chi connectivity index (χ1v) is 5.53. The summed E-state index contributed by atoms with van der Waals surface area (Å²) in [4.78, 5) is 23.9. The topological polar surface area (TPSA) is 57.6 Å². The number of imide groups is 1. The van der Waals surface area contributed by atoms with Crippen molar-refractivity contribution in [1.82, 2.24) is 0 Å². The summed E-state index contributed by atoms with van der Waals surface area (Å²) >= 11 is 0. The van der Waals surface area contributed by atoms with Gasteiger partial charge in [-0.3, -0.25) is 9.59 Å². The van der Waals surface area contributed by atoms with E-state index < -0.39 is 11.8 Å². The van der Waals surface area contributed by atoms with Gasteiger partial charge >= 0.3 is 0 Å². The third kappa shape index (κ3) is 2.05. The Kier molecular flexibility index (Phi) is 3.02. The molecule has 2 rings (SSSR count). The second-order valence-electron chi connectivity index (χ2n) is 4.06. The fourth-order valence-corrected chi connectivity index (χ4v) is 1.96. The number of hydrogen-bond donors (Lipinski definition) is 1. The van der Waals surface area contributed by atoms with Crippen LogP contribution >= 0.6 is 0 Å². The molecule has 0 aliphatic rings. The zero-order valence-corrected chi connectivity index (χ0v) is 10.2. The largest absolute Gasteiger partial charge is 0.506 e. The van der Waals surface area contributed by atoms with E-state index in [-0.39, 0.29) is 11.4 Å². The van der Waals surface area contributed by atoms with Crippen LogP contribution in [0.3, 0.4) is 0 Å². The first kappa shape index (κ1) is 12.1. The SMILES string of the molecule is CC(=O)N(C(C)=O)c1cc2ccccc2cc1O. The Hall–Kier alpha value is -2.36. The standard InChI is InChI=1S/C14H13NO3/c1-9(16)15(10(2)17)13-7-11-5-3-4-6-12(11)8-14(13)18/h3-8,18H,1-2H3. The number of aromatic hydroxyl groups is 1. The highest BCUT2D eigenvalue weighted by Gasteiger charge is 2.20. The van der Waals surface area contributed by atoms with Gasteiger partial charge in [-0.25, -0.2) is 4.90 Å². The Bertz CT molecular complexity index is 620. The highest BCUT2D eigenvalue weighted by Crippen LogP contribution is 2.32. The zero-order valence-electron chi connectivity index (χ0n) is 10.2. The van der Waals surface area contributed by atoms with E-state index in [0.29, 0.717) is 0 Å². The highest BCUT2D eigenvalue weighted by atomic mass is 16.3. The van der Waals surface area contributed by atoms with Crippen LogP contribution in [0.15, 0.2) is 36.4 Å². The van der Waals surface area contributed by atoms with Gasteiger partial charge in [-0.15, -0.1) is 0 Å². The third-order valence-corrected chi connectivity index (χ3v) is 2.71. The number of carbonyl (C=O) groups excluding carboxylic acids is 2. The molecule has 0 unspecified atom stereocenters. The van der Waals surface area contributed by atoms with E-state index in [2.05, 4.69) is 0 Å². The van der Waals surface area contributed by atoms with Crippen LogP contribution in [0, 0.1) is 0 Å². The normalized spacial score (nSPS) is 10.3. The average molecular weight is 243 g/mol. The Morgan fingerprint density at radius 3 is 2.00 bits per heavy atom. The molecular formula is C14H13NO3. The Morgan fingerprint density at radius 2 is 1.50 bits per heavy atom. The fraction of sp³-hybridized carbons (Fsp3) is 0.143. The van der Waals surface area contributed by atoms with E-state index in [1.54, 1.807) is 12.1 Å². The summed E-state index contributed by atoms with van der Waals surface area (Å²) in [6.45, 7) is 2.58. The van der Waals surface area contributed by atoms with Crippen LogP contribution in [-0.4, -0.2) is 16.9 Å². The molecule has 0 aromatic heterocycles. The first-order valence-electron chi connectivity index (χ1n) is 5.53. The lowest BCUT2D eigenvalue weighted by Gasteiger charge is -2.19. The van der Waals surface area contributed by atoms with Crippen molar-refractivity contribution in [2.75, 3.05) is 4.90 Å². The molecule has 2 aromatic carbocycles. The maximum atomic E-state index is 11.5. The highest BCUT2D eigenvalue weighted by molar-refractivity contribution is 6.15. The Labute approximate surface area is 104 Å². The maximum Gasteiger partial charge on any atom is 0.230 e. The van der Waals surface area contributed by atoms with Crippen molar-refractivity contribution in [2.24, 2.45) is 0 Å². The van der Waals surface area contributed by atoms with Gasteiger partial charge in [-0.2, -0.15) is 0 Å². The summed E-state index contributed by atoms with van der Waals surface area (Å²) in [7, 11) is 0. The van der Waals surface area contributed by atoms with Crippen molar-refractivity contribution in [3.05, 3.63) is 36.4 Å². The van der Waals surface area contributed by atoms with Crippen molar-refractivity contribution >= 4 is 28.3 Å². The van der Waals surface area contributed by atoms with Gasteiger partial charge in [0.15, 0.2) is 0 Å². The van der Waals surface area contributed by atoms with Crippen molar-refractivity contribution in [3.8, 4) is 5.75 Å². The molecule has 0 aliphatic carbocycles. The van der Waals surface area contributed by atoms with E-state index in [0.717, 1.165) is 15.7 Å². The van der Waals surface area contributed by atoms with Crippen LogP contribution in [0.2, 0.25) is 0 Å². The molecule has 0 bridgehead atoms. The number of phenolic OH excluding ortho intramolecular Hbond substituents is 1. The zero-order chi connectivity index (χ0) is 13.3. The molecule has 4 nitrogen and oxygen atoms in total. The number of rotatable bonds is 1. The molecule has 0 saturated heterocycles. The molecule has 0 fully saturated rings. The number of phenols is 1. The van der Waals surface area contributed by atoms with E-state index in [1.807, 2.05) is 24.3 Å². The number of amides is 2. The van der Waals surface area contributed by atoms with E-state index in [4.69, 9.17) is 0 Å². The van der Waals surface area contributed by atoms with Crippen molar-refractivity contribution < 1.29 is 14.7 Å². The summed E-state index contributed by atoms with van der Waals surface area (Å²) in [5, 5.41) is 11.6. The minimum Gasteiger partial charge on any atom is -0.506 e. The minimum atomic E-state index is -0.423. The summed E-state index contributed by atoms with van der Waals surface area (Å²) < 4.78 is 0. The monoisotopic (exact) mass is 243 g/mol. The molecule has 1 N–H and O–H groups in total. The molecule has 0 spiro atoms. The van der Waals surface area contributed by atoms with Crippen molar-refractivity contribution in [3.63, 3.8) is 0 Å².